The fraction of sp³-hybridized carbons (Fsp3) is 0.560. The molecule has 3 saturated heterocycles. The van der Waals surface area contributed by atoms with Gasteiger partial charge in [-0.1, -0.05) is 18.1 Å². The highest BCUT2D eigenvalue weighted by atomic mass is 16.2. The Labute approximate surface area is 173 Å². The van der Waals surface area contributed by atoms with E-state index in [9.17, 15) is 4.79 Å². The first-order valence-electron chi connectivity index (χ1n) is 11.5. The molecule has 0 N–H and O–H groups in total. The number of amides is 1. The maximum atomic E-state index is 13.6. The summed E-state index contributed by atoms with van der Waals surface area (Å²) in [5, 5.41) is 1.16. The summed E-state index contributed by atoms with van der Waals surface area (Å²) in [6.07, 6.45) is 12.3. The van der Waals surface area contributed by atoms with Crippen molar-refractivity contribution in [2.75, 3.05) is 19.6 Å². The number of piperidine rings is 3. The largest absolute Gasteiger partial charge is 0.351 e. The van der Waals surface area contributed by atoms with Crippen LogP contribution in [0.3, 0.4) is 0 Å². The molecule has 1 aromatic heterocycles. The number of hydrogen-bond donors (Lipinski definition) is 0. The second-order valence-electron chi connectivity index (χ2n) is 9.71. The van der Waals surface area contributed by atoms with Crippen molar-refractivity contribution in [2.45, 2.75) is 50.6 Å². The summed E-state index contributed by atoms with van der Waals surface area (Å²) in [6, 6.07) is 9.40. The molecule has 1 aliphatic carbocycles. The van der Waals surface area contributed by atoms with Crippen LogP contribution in [0, 0.1) is 11.8 Å². The smallest absolute Gasteiger partial charge is 0.254 e. The fourth-order valence-electron chi connectivity index (χ4n) is 6.78. The lowest BCUT2D eigenvalue weighted by atomic mass is 9.68. The predicted molar refractivity (Wildman–Crippen MR) is 116 cm³/mol. The number of carbonyl (C=O) groups is 1. The van der Waals surface area contributed by atoms with Crippen LogP contribution in [0.25, 0.3) is 10.9 Å². The molecule has 4 atom stereocenters. The van der Waals surface area contributed by atoms with E-state index in [-0.39, 0.29) is 5.91 Å². The lowest BCUT2D eigenvalue weighted by Gasteiger charge is -2.54. The Balaban J connectivity index is 1.33. The van der Waals surface area contributed by atoms with Gasteiger partial charge in [-0.05, 0) is 74.8 Å². The summed E-state index contributed by atoms with van der Waals surface area (Å²) in [5.74, 6) is 1.56. The molecule has 4 heteroatoms. The zero-order valence-corrected chi connectivity index (χ0v) is 17.4. The van der Waals surface area contributed by atoms with E-state index >= 15 is 0 Å². The van der Waals surface area contributed by atoms with Crippen LogP contribution in [0.1, 0.15) is 48.9 Å². The summed E-state index contributed by atoms with van der Waals surface area (Å²) >= 11 is 0. The number of fused-ring (bicyclic) bond motifs is 7. The monoisotopic (exact) mass is 389 g/mol. The van der Waals surface area contributed by atoms with E-state index in [4.69, 9.17) is 0 Å². The lowest BCUT2D eigenvalue weighted by Crippen LogP contribution is -2.60. The van der Waals surface area contributed by atoms with Gasteiger partial charge in [0.1, 0.15) is 0 Å². The van der Waals surface area contributed by atoms with Crippen molar-refractivity contribution in [1.82, 2.24) is 14.4 Å². The minimum atomic E-state index is 0.227. The number of aromatic nitrogens is 1. The number of aryl methyl sites for hydroxylation is 1. The van der Waals surface area contributed by atoms with Crippen molar-refractivity contribution in [3.8, 4) is 0 Å². The second-order valence-corrected chi connectivity index (χ2v) is 9.71. The number of likely N-dealkylation sites (tertiary alicyclic amines) is 1. The van der Waals surface area contributed by atoms with E-state index in [0.29, 0.717) is 12.0 Å². The topological polar surface area (TPSA) is 28.5 Å². The van der Waals surface area contributed by atoms with Crippen molar-refractivity contribution in [2.24, 2.45) is 18.9 Å². The Hall–Kier alpha value is -2.07. The number of benzene rings is 1. The molecule has 4 nitrogen and oxygen atoms in total. The Morgan fingerprint density at radius 2 is 2.03 bits per heavy atom. The normalized spacial score (nSPS) is 31.9. The van der Waals surface area contributed by atoms with Gasteiger partial charge in [-0.15, -0.1) is 0 Å². The average molecular weight is 390 g/mol. The third-order valence-electron chi connectivity index (χ3n) is 8.05. The zero-order chi connectivity index (χ0) is 19.5. The van der Waals surface area contributed by atoms with Gasteiger partial charge in [0, 0.05) is 48.8 Å². The lowest BCUT2D eigenvalue weighted by molar-refractivity contribution is 0.00148. The van der Waals surface area contributed by atoms with Crippen LogP contribution in [0.2, 0.25) is 0 Å². The molecule has 0 spiro atoms. The van der Waals surface area contributed by atoms with Crippen molar-refractivity contribution < 1.29 is 4.79 Å². The number of nitrogens with zero attached hydrogens (tertiary/aromatic N) is 3. The van der Waals surface area contributed by atoms with E-state index in [1.807, 2.05) is 6.07 Å². The Morgan fingerprint density at radius 3 is 2.97 bits per heavy atom. The highest BCUT2D eigenvalue weighted by Gasteiger charge is 2.46. The van der Waals surface area contributed by atoms with Crippen LogP contribution in [0.15, 0.2) is 42.1 Å². The van der Waals surface area contributed by atoms with Gasteiger partial charge in [0.15, 0.2) is 0 Å². The maximum Gasteiger partial charge on any atom is 0.254 e. The third-order valence-corrected chi connectivity index (χ3v) is 8.05. The molecule has 3 fully saturated rings. The van der Waals surface area contributed by atoms with Gasteiger partial charge in [0.2, 0.25) is 0 Å². The van der Waals surface area contributed by atoms with E-state index in [2.05, 4.69) is 51.9 Å². The van der Waals surface area contributed by atoms with Crippen LogP contribution in [-0.2, 0) is 7.05 Å². The van der Waals surface area contributed by atoms with Gasteiger partial charge >= 0.3 is 0 Å². The molecule has 29 heavy (non-hydrogen) atoms. The Bertz CT molecular complexity index is 989. The van der Waals surface area contributed by atoms with Crippen molar-refractivity contribution in [1.29, 1.82) is 0 Å². The first-order valence-corrected chi connectivity index (χ1v) is 11.5. The van der Waals surface area contributed by atoms with Crippen molar-refractivity contribution in [3.05, 3.63) is 47.7 Å². The van der Waals surface area contributed by atoms with Crippen LogP contribution >= 0.6 is 0 Å². The average Bonchev–Trinajstić information content (AvgIpc) is 3.13. The second kappa shape index (κ2) is 6.73. The third kappa shape index (κ3) is 2.79. The molecule has 1 amide bonds. The number of hydrogen-bond acceptors (Lipinski definition) is 2. The van der Waals surface area contributed by atoms with E-state index < -0.39 is 0 Å². The summed E-state index contributed by atoms with van der Waals surface area (Å²) < 4.78 is 2.11. The van der Waals surface area contributed by atoms with Gasteiger partial charge < -0.3 is 9.47 Å². The molecule has 4 aliphatic rings. The maximum absolute atomic E-state index is 13.6. The fourth-order valence-corrected chi connectivity index (χ4v) is 6.78. The summed E-state index contributed by atoms with van der Waals surface area (Å²) in [7, 11) is 2.06. The van der Waals surface area contributed by atoms with Gasteiger partial charge in [-0.25, -0.2) is 0 Å². The zero-order valence-electron chi connectivity index (χ0n) is 17.4. The van der Waals surface area contributed by atoms with Crippen molar-refractivity contribution in [3.63, 3.8) is 0 Å². The summed E-state index contributed by atoms with van der Waals surface area (Å²) in [6.45, 7) is 3.34. The number of carbonyl (C=O) groups excluding carboxylic acids is 1. The molecule has 2 bridgehead atoms. The molecule has 4 heterocycles. The van der Waals surface area contributed by atoms with Crippen molar-refractivity contribution >= 4 is 16.8 Å². The van der Waals surface area contributed by atoms with E-state index in [0.717, 1.165) is 35.9 Å². The van der Waals surface area contributed by atoms with Gasteiger partial charge in [-0.2, -0.15) is 0 Å². The first-order chi connectivity index (χ1) is 14.2. The van der Waals surface area contributed by atoms with Crippen LogP contribution in [-0.4, -0.2) is 52.0 Å². The minimum Gasteiger partial charge on any atom is -0.351 e. The Kier molecular flexibility index (Phi) is 4.12. The summed E-state index contributed by atoms with van der Waals surface area (Å²) in [4.78, 5) is 18.6. The molecule has 1 aromatic carbocycles. The molecular formula is C25H31N3O. The molecule has 0 saturated carbocycles. The molecule has 2 aromatic rings. The van der Waals surface area contributed by atoms with Gasteiger partial charge in [0.25, 0.3) is 5.91 Å². The molecule has 3 aliphatic heterocycles. The van der Waals surface area contributed by atoms with E-state index in [1.54, 1.807) is 5.57 Å². The van der Waals surface area contributed by atoms with Crippen LogP contribution < -0.4 is 0 Å². The molecular weight excluding hydrogens is 358 g/mol. The van der Waals surface area contributed by atoms with Gasteiger partial charge in [-0.3, -0.25) is 9.69 Å². The molecule has 152 valence electrons. The minimum absolute atomic E-state index is 0.227. The van der Waals surface area contributed by atoms with Crippen LogP contribution in [0.4, 0.5) is 0 Å². The highest BCUT2D eigenvalue weighted by molar-refractivity contribution is 5.98. The number of rotatable bonds is 1. The first kappa shape index (κ1) is 17.8. The molecule has 2 unspecified atom stereocenters. The van der Waals surface area contributed by atoms with E-state index in [1.165, 1.54) is 50.7 Å². The molecule has 0 radical (unpaired) electrons. The Morgan fingerprint density at radius 1 is 1.10 bits per heavy atom. The SMILES string of the molecule is Cn1ccc2cc(C(=O)N3CCCC4=CC5CC(CN6CCCC[C@H]56)[C@@H]43)ccc21. The molecule has 6 rings (SSSR count). The predicted octanol–water partition coefficient (Wildman–Crippen LogP) is 4.21. The quantitative estimate of drug-likeness (QED) is 0.684. The van der Waals surface area contributed by atoms with Gasteiger partial charge in [0.05, 0.1) is 6.04 Å². The summed E-state index contributed by atoms with van der Waals surface area (Å²) in [5.41, 5.74) is 3.60. The highest BCUT2D eigenvalue weighted by Crippen LogP contribution is 2.45. The standard InChI is InChI=1S/C25H31N3O/c1-26-12-9-17-13-19(7-8-22(17)26)25(29)28-11-4-5-18-14-20-15-21(24(18)28)16-27-10-3-2-6-23(20)27/h7-9,12-14,20-21,23-24H,2-6,10-11,15-16H2,1H3/t20?,21?,23-,24-/m1/s1. The van der Waals surface area contributed by atoms with Crippen LogP contribution in [0.5, 0.6) is 0 Å².